The predicted octanol–water partition coefficient (Wildman–Crippen LogP) is -0.647. The van der Waals surface area contributed by atoms with E-state index in [9.17, 15) is 4.79 Å². The molecule has 0 radical (unpaired) electrons. The molecule has 7 nitrogen and oxygen atoms in total. The van der Waals surface area contributed by atoms with Crippen molar-refractivity contribution in [2.75, 3.05) is 19.8 Å². The van der Waals surface area contributed by atoms with Gasteiger partial charge in [-0.25, -0.2) is 9.78 Å². The second-order valence-electron chi connectivity index (χ2n) is 3.52. The first-order chi connectivity index (χ1) is 8.22. The first-order valence-corrected chi connectivity index (χ1v) is 5.37. The van der Waals surface area contributed by atoms with E-state index in [4.69, 9.17) is 10.2 Å². The SMILES string of the molecule is O=C(NCCCn1ccnc1)OCC(O)CO. The summed E-state index contributed by atoms with van der Waals surface area (Å²) in [4.78, 5) is 15.0. The maximum Gasteiger partial charge on any atom is 0.407 e. The van der Waals surface area contributed by atoms with Crippen molar-refractivity contribution in [1.29, 1.82) is 0 Å². The van der Waals surface area contributed by atoms with E-state index in [1.54, 1.807) is 12.5 Å². The number of amides is 1. The number of nitrogens with one attached hydrogen (secondary N) is 1. The fraction of sp³-hybridized carbons (Fsp3) is 0.600. The van der Waals surface area contributed by atoms with Gasteiger partial charge in [0, 0.05) is 25.5 Å². The molecule has 17 heavy (non-hydrogen) atoms. The number of imidazole rings is 1. The van der Waals surface area contributed by atoms with Crippen molar-refractivity contribution in [2.45, 2.75) is 19.1 Å². The molecule has 0 aromatic carbocycles. The first-order valence-electron chi connectivity index (χ1n) is 5.37. The zero-order valence-electron chi connectivity index (χ0n) is 9.45. The van der Waals surface area contributed by atoms with Crippen LogP contribution in [-0.2, 0) is 11.3 Å². The third-order valence-corrected chi connectivity index (χ3v) is 2.04. The summed E-state index contributed by atoms with van der Waals surface area (Å²) in [6.07, 6.45) is 4.38. The Morgan fingerprint density at radius 2 is 2.41 bits per heavy atom. The van der Waals surface area contributed by atoms with E-state index in [2.05, 4.69) is 15.0 Å². The number of aryl methyl sites for hydroxylation is 1. The van der Waals surface area contributed by atoms with Crippen molar-refractivity contribution >= 4 is 6.09 Å². The van der Waals surface area contributed by atoms with Crippen molar-refractivity contribution in [3.05, 3.63) is 18.7 Å². The molecule has 0 bridgehead atoms. The summed E-state index contributed by atoms with van der Waals surface area (Å²) < 4.78 is 6.56. The van der Waals surface area contributed by atoms with Crippen LogP contribution >= 0.6 is 0 Å². The van der Waals surface area contributed by atoms with Crippen LogP contribution in [0.25, 0.3) is 0 Å². The second kappa shape index (κ2) is 7.64. The van der Waals surface area contributed by atoms with E-state index in [0.29, 0.717) is 6.54 Å². The lowest BCUT2D eigenvalue weighted by Crippen LogP contribution is -2.30. The molecular formula is C10H17N3O4. The van der Waals surface area contributed by atoms with Crippen LogP contribution in [0.4, 0.5) is 4.79 Å². The molecule has 0 fully saturated rings. The number of carbonyl (C=O) groups excluding carboxylic acids is 1. The summed E-state index contributed by atoms with van der Waals surface area (Å²) in [6.45, 7) is 0.615. The highest BCUT2D eigenvalue weighted by Gasteiger charge is 2.06. The molecule has 0 aliphatic carbocycles. The number of hydrogen-bond acceptors (Lipinski definition) is 5. The zero-order valence-corrected chi connectivity index (χ0v) is 9.45. The molecule has 1 rings (SSSR count). The summed E-state index contributed by atoms with van der Waals surface area (Å²) >= 11 is 0. The zero-order chi connectivity index (χ0) is 12.5. The molecule has 0 spiro atoms. The molecule has 0 aliphatic heterocycles. The number of ether oxygens (including phenoxy) is 1. The molecule has 7 heteroatoms. The Kier molecular flexibility index (Phi) is 6.05. The minimum atomic E-state index is -1.02. The molecule has 1 atom stereocenters. The highest BCUT2D eigenvalue weighted by atomic mass is 16.6. The van der Waals surface area contributed by atoms with E-state index in [1.807, 2.05) is 10.8 Å². The maximum absolute atomic E-state index is 11.1. The van der Waals surface area contributed by atoms with Gasteiger partial charge < -0.3 is 24.8 Å². The number of hydrogen-bond donors (Lipinski definition) is 3. The molecule has 0 saturated carbocycles. The topological polar surface area (TPSA) is 96.6 Å². The third-order valence-electron chi connectivity index (χ3n) is 2.04. The average molecular weight is 243 g/mol. The summed E-state index contributed by atoms with van der Waals surface area (Å²) in [7, 11) is 0. The number of alkyl carbamates (subject to hydrolysis) is 1. The van der Waals surface area contributed by atoms with E-state index in [-0.39, 0.29) is 6.61 Å². The average Bonchev–Trinajstić information content (AvgIpc) is 2.84. The smallest absolute Gasteiger partial charge is 0.407 e. The molecule has 3 N–H and O–H groups in total. The molecule has 1 unspecified atom stereocenters. The molecule has 1 heterocycles. The van der Waals surface area contributed by atoms with Crippen LogP contribution < -0.4 is 5.32 Å². The molecule has 0 saturated heterocycles. The standard InChI is InChI=1S/C10H17N3O4/c14-6-9(15)7-17-10(16)12-2-1-4-13-5-3-11-8-13/h3,5,8-9,14-15H,1-2,4,6-7H2,(H,12,16). The number of aliphatic hydroxyl groups is 2. The Labute approximate surface area is 99.0 Å². The van der Waals surface area contributed by atoms with Crippen molar-refractivity contribution in [3.8, 4) is 0 Å². The largest absolute Gasteiger partial charge is 0.447 e. The van der Waals surface area contributed by atoms with Gasteiger partial charge in [-0.3, -0.25) is 0 Å². The van der Waals surface area contributed by atoms with Gasteiger partial charge in [-0.05, 0) is 6.42 Å². The predicted molar refractivity (Wildman–Crippen MR) is 59.3 cm³/mol. The number of aliphatic hydroxyl groups excluding tert-OH is 2. The highest BCUT2D eigenvalue weighted by Crippen LogP contribution is 1.90. The lowest BCUT2D eigenvalue weighted by atomic mass is 10.4. The molecule has 1 aromatic rings. The molecule has 1 amide bonds. The van der Waals surface area contributed by atoms with Gasteiger partial charge in [-0.1, -0.05) is 0 Å². The Balaban J connectivity index is 2.00. The second-order valence-corrected chi connectivity index (χ2v) is 3.52. The van der Waals surface area contributed by atoms with Gasteiger partial charge in [0.2, 0.25) is 0 Å². The minimum absolute atomic E-state index is 0.205. The van der Waals surface area contributed by atoms with Crippen molar-refractivity contribution in [1.82, 2.24) is 14.9 Å². The van der Waals surface area contributed by atoms with Crippen molar-refractivity contribution in [3.63, 3.8) is 0 Å². The van der Waals surface area contributed by atoms with Gasteiger partial charge in [0.05, 0.1) is 12.9 Å². The first kappa shape index (κ1) is 13.5. The van der Waals surface area contributed by atoms with Gasteiger partial charge in [-0.2, -0.15) is 0 Å². The van der Waals surface area contributed by atoms with E-state index in [1.165, 1.54) is 0 Å². The van der Waals surface area contributed by atoms with E-state index >= 15 is 0 Å². The number of carbonyl (C=O) groups is 1. The summed E-state index contributed by atoms with van der Waals surface area (Å²) in [5, 5.41) is 20.0. The third kappa shape index (κ3) is 5.88. The number of rotatable bonds is 7. The van der Waals surface area contributed by atoms with E-state index in [0.717, 1.165) is 13.0 Å². The minimum Gasteiger partial charge on any atom is -0.447 e. The molecule has 0 aliphatic rings. The quantitative estimate of drug-likeness (QED) is 0.553. The van der Waals surface area contributed by atoms with Gasteiger partial charge in [-0.15, -0.1) is 0 Å². The van der Waals surface area contributed by atoms with Crippen LogP contribution in [0.1, 0.15) is 6.42 Å². The maximum atomic E-state index is 11.1. The van der Waals surface area contributed by atoms with E-state index < -0.39 is 18.8 Å². The molecule has 1 aromatic heterocycles. The Morgan fingerprint density at radius 1 is 1.59 bits per heavy atom. The highest BCUT2D eigenvalue weighted by molar-refractivity contribution is 5.67. The van der Waals surface area contributed by atoms with Gasteiger partial charge in [0.25, 0.3) is 0 Å². The van der Waals surface area contributed by atoms with Crippen LogP contribution in [0.5, 0.6) is 0 Å². The Hall–Kier alpha value is -1.60. The van der Waals surface area contributed by atoms with Crippen molar-refractivity contribution in [2.24, 2.45) is 0 Å². The molecular weight excluding hydrogens is 226 g/mol. The van der Waals surface area contributed by atoms with Crippen LogP contribution in [-0.4, -0.2) is 51.7 Å². The lowest BCUT2D eigenvalue weighted by Gasteiger charge is -2.09. The fourth-order valence-electron chi connectivity index (χ4n) is 1.15. The van der Waals surface area contributed by atoms with Gasteiger partial charge in [0.15, 0.2) is 0 Å². The van der Waals surface area contributed by atoms with Gasteiger partial charge >= 0.3 is 6.09 Å². The summed E-state index contributed by atoms with van der Waals surface area (Å²) in [6, 6.07) is 0. The van der Waals surface area contributed by atoms with Crippen LogP contribution in [0.15, 0.2) is 18.7 Å². The normalized spacial score (nSPS) is 12.1. The fourth-order valence-corrected chi connectivity index (χ4v) is 1.15. The molecule has 96 valence electrons. The van der Waals surface area contributed by atoms with Crippen LogP contribution in [0.3, 0.4) is 0 Å². The summed E-state index contributed by atoms with van der Waals surface area (Å²) in [5.41, 5.74) is 0. The number of nitrogens with zero attached hydrogens (tertiary/aromatic N) is 2. The van der Waals surface area contributed by atoms with Crippen LogP contribution in [0, 0.1) is 0 Å². The van der Waals surface area contributed by atoms with Crippen LogP contribution in [0.2, 0.25) is 0 Å². The summed E-state index contributed by atoms with van der Waals surface area (Å²) in [5.74, 6) is 0. The monoisotopic (exact) mass is 243 g/mol. The Bertz CT molecular complexity index is 315. The Morgan fingerprint density at radius 3 is 3.06 bits per heavy atom. The van der Waals surface area contributed by atoms with Gasteiger partial charge in [0.1, 0.15) is 12.7 Å². The lowest BCUT2D eigenvalue weighted by molar-refractivity contribution is 0.0321. The number of aromatic nitrogens is 2. The van der Waals surface area contributed by atoms with Crippen molar-refractivity contribution < 1.29 is 19.7 Å².